The Labute approximate surface area is 126 Å². The molecule has 5 nitrogen and oxygen atoms in total. The normalized spacial score (nSPS) is 29.4. The van der Waals surface area contributed by atoms with Crippen molar-refractivity contribution in [1.29, 1.82) is 0 Å². The van der Waals surface area contributed by atoms with Crippen molar-refractivity contribution in [2.75, 3.05) is 13.1 Å². The number of nitrogens with two attached hydrogens (primary N) is 1. The highest BCUT2D eigenvalue weighted by molar-refractivity contribution is 5.90. The Hall–Kier alpha value is -1.02. The number of nitrogens with one attached hydrogen (secondary N) is 1. The van der Waals surface area contributed by atoms with Crippen molar-refractivity contribution in [3.05, 3.63) is 0 Å². The maximum Gasteiger partial charge on any atom is 0.406 e. The van der Waals surface area contributed by atoms with Gasteiger partial charge in [0, 0.05) is 18.5 Å². The van der Waals surface area contributed by atoms with Crippen LogP contribution in [0.2, 0.25) is 0 Å². The minimum absolute atomic E-state index is 0. The number of alkyl halides is 3. The lowest BCUT2D eigenvalue weighted by atomic mass is 10.1. The third-order valence-corrected chi connectivity index (χ3v) is 3.83. The van der Waals surface area contributed by atoms with Gasteiger partial charge in [-0.1, -0.05) is 0 Å². The second kappa shape index (κ2) is 6.83. The molecule has 0 aromatic rings. The van der Waals surface area contributed by atoms with Crippen LogP contribution in [0.5, 0.6) is 0 Å². The van der Waals surface area contributed by atoms with E-state index in [0.717, 1.165) is 11.3 Å². The van der Waals surface area contributed by atoms with Crippen molar-refractivity contribution in [2.45, 2.75) is 43.9 Å². The number of carbonyl (C=O) groups excluding carboxylic acids is 2. The Morgan fingerprint density at radius 2 is 2.00 bits per heavy atom. The molecular weight excluding hydrogens is 311 g/mol. The Kier molecular flexibility index (Phi) is 5.86. The molecule has 1 saturated heterocycles. The van der Waals surface area contributed by atoms with E-state index in [-0.39, 0.29) is 43.2 Å². The molecule has 0 aromatic carbocycles. The van der Waals surface area contributed by atoms with Crippen molar-refractivity contribution in [3.8, 4) is 0 Å². The number of hydrogen-bond donors (Lipinski definition) is 2. The fourth-order valence-electron chi connectivity index (χ4n) is 2.79. The number of amides is 2. The highest BCUT2D eigenvalue weighted by Gasteiger charge is 2.40. The van der Waals surface area contributed by atoms with Gasteiger partial charge in [-0.15, -0.1) is 12.4 Å². The largest absolute Gasteiger partial charge is 0.406 e. The second-order valence-corrected chi connectivity index (χ2v) is 5.49. The number of rotatable bonds is 3. The monoisotopic (exact) mass is 329 g/mol. The molecule has 0 bridgehead atoms. The average molecular weight is 330 g/mol. The zero-order valence-electron chi connectivity index (χ0n) is 11.4. The molecule has 0 spiro atoms. The lowest BCUT2D eigenvalue weighted by Gasteiger charge is -2.19. The fourth-order valence-corrected chi connectivity index (χ4v) is 2.79. The number of carbonyl (C=O) groups is 2. The zero-order valence-corrected chi connectivity index (χ0v) is 12.2. The molecule has 1 saturated carbocycles. The third kappa shape index (κ3) is 4.74. The summed E-state index contributed by atoms with van der Waals surface area (Å²) < 4.78 is 36.8. The summed E-state index contributed by atoms with van der Waals surface area (Å²) in [6.07, 6.45) is -2.19. The summed E-state index contributed by atoms with van der Waals surface area (Å²) in [6.45, 7) is -1.24. The Morgan fingerprint density at radius 1 is 1.33 bits per heavy atom. The summed E-state index contributed by atoms with van der Waals surface area (Å²) in [5, 5.41) is 2.55. The SMILES string of the molecule is Cl.NC1CCC(C(=O)NC2CCN(CC(F)(F)F)C2=O)C1. The first kappa shape index (κ1) is 18.0. The molecule has 3 N–H and O–H groups in total. The summed E-state index contributed by atoms with van der Waals surface area (Å²) in [7, 11) is 0. The molecule has 3 unspecified atom stereocenters. The van der Waals surface area contributed by atoms with E-state index < -0.39 is 24.7 Å². The minimum atomic E-state index is -4.41. The van der Waals surface area contributed by atoms with Crippen molar-refractivity contribution in [3.63, 3.8) is 0 Å². The molecule has 0 radical (unpaired) electrons. The standard InChI is InChI=1S/C12H18F3N3O2.ClH/c13-12(14,15)6-18-4-3-9(11(18)20)17-10(19)7-1-2-8(16)5-7;/h7-9H,1-6,16H2,(H,17,19);1H. The molecule has 1 aliphatic carbocycles. The van der Waals surface area contributed by atoms with Crippen LogP contribution in [0.15, 0.2) is 0 Å². The van der Waals surface area contributed by atoms with Crippen LogP contribution in [0.4, 0.5) is 13.2 Å². The van der Waals surface area contributed by atoms with Crippen molar-refractivity contribution >= 4 is 24.2 Å². The summed E-state index contributed by atoms with van der Waals surface area (Å²) in [5.41, 5.74) is 5.71. The maximum atomic E-state index is 12.3. The smallest absolute Gasteiger partial charge is 0.344 e. The van der Waals surface area contributed by atoms with Gasteiger partial charge in [-0.2, -0.15) is 13.2 Å². The van der Waals surface area contributed by atoms with E-state index in [2.05, 4.69) is 5.32 Å². The number of likely N-dealkylation sites (tertiary alicyclic amines) is 1. The van der Waals surface area contributed by atoms with Crippen LogP contribution in [0, 0.1) is 5.92 Å². The zero-order chi connectivity index (χ0) is 14.9. The predicted octanol–water partition coefficient (Wildman–Crippen LogP) is 0.815. The third-order valence-electron chi connectivity index (χ3n) is 3.83. The van der Waals surface area contributed by atoms with Gasteiger partial charge in [-0.3, -0.25) is 9.59 Å². The molecule has 2 amide bonds. The van der Waals surface area contributed by atoms with Crippen LogP contribution in [-0.4, -0.2) is 48.1 Å². The van der Waals surface area contributed by atoms with E-state index in [4.69, 9.17) is 5.73 Å². The van der Waals surface area contributed by atoms with Crippen LogP contribution < -0.4 is 11.1 Å². The molecule has 1 aliphatic heterocycles. The Balaban J connectivity index is 0.00000220. The molecule has 3 atom stereocenters. The highest BCUT2D eigenvalue weighted by Crippen LogP contribution is 2.25. The van der Waals surface area contributed by atoms with Gasteiger partial charge >= 0.3 is 6.18 Å². The van der Waals surface area contributed by atoms with Crippen molar-refractivity contribution in [2.24, 2.45) is 11.7 Å². The van der Waals surface area contributed by atoms with Gasteiger partial charge in [0.1, 0.15) is 12.6 Å². The van der Waals surface area contributed by atoms with Gasteiger partial charge in [0.15, 0.2) is 0 Å². The van der Waals surface area contributed by atoms with Crippen LogP contribution in [0.1, 0.15) is 25.7 Å². The molecule has 2 fully saturated rings. The molecular formula is C12H19ClF3N3O2. The molecule has 122 valence electrons. The number of hydrogen-bond acceptors (Lipinski definition) is 3. The minimum Gasteiger partial charge on any atom is -0.344 e. The summed E-state index contributed by atoms with van der Waals surface area (Å²) in [4.78, 5) is 24.5. The molecule has 2 aliphatic rings. The van der Waals surface area contributed by atoms with E-state index in [1.54, 1.807) is 0 Å². The first-order chi connectivity index (χ1) is 9.26. The van der Waals surface area contributed by atoms with Gasteiger partial charge < -0.3 is 16.0 Å². The molecule has 2 rings (SSSR count). The lowest BCUT2D eigenvalue weighted by Crippen LogP contribution is -2.45. The van der Waals surface area contributed by atoms with Crippen LogP contribution >= 0.6 is 12.4 Å². The van der Waals surface area contributed by atoms with Crippen LogP contribution in [0.25, 0.3) is 0 Å². The predicted molar refractivity (Wildman–Crippen MR) is 71.7 cm³/mol. The molecule has 21 heavy (non-hydrogen) atoms. The summed E-state index contributed by atoms with van der Waals surface area (Å²) >= 11 is 0. The van der Waals surface area contributed by atoms with Crippen LogP contribution in [0.3, 0.4) is 0 Å². The first-order valence-corrected chi connectivity index (χ1v) is 6.68. The number of halogens is 4. The second-order valence-electron chi connectivity index (χ2n) is 5.49. The van der Waals surface area contributed by atoms with E-state index in [0.29, 0.717) is 12.8 Å². The average Bonchev–Trinajstić information content (AvgIpc) is 2.88. The Bertz CT molecular complexity index is 406. The van der Waals surface area contributed by atoms with Crippen molar-refractivity contribution in [1.82, 2.24) is 10.2 Å². The van der Waals surface area contributed by atoms with Gasteiger partial charge in [-0.05, 0) is 25.7 Å². The quantitative estimate of drug-likeness (QED) is 0.805. The molecule has 1 heterocycles. The van der Waals surface area contributed by atoms with E-state index in [1.807, 2.05) is 0 Å². The molecule has 0 aromatic heterocycles. The van der Waals surface area contributed by atoms with Crippen molar-refractivity contribution < 1.29 is 22.8 Å². The first-order valence-electron chi connectivity index (χ1n) is 6.68. The lowest BCUT2D eigenvalue weighted by molar-refractivity contribution is -0.158. The van der Waals surface area contributed by atoms with Gasteiger partial charge in [-0.25, -0.2) is 0 Å². The van der Waals surface area contributed by atoms with Crippen LogP contribution in [-0.2, 0) is 9.59 Å². The fraction of sp³-hybridized carbons (Fsp3) is 0.833. The summed E-state index contributed by atoms with van der Waals surface area (Å²) in [5.74, 6) is -1.16. The van der Waals surface area contributed by atoms with E-state index in [9.17, 15) is 22.8 Å². The van der Waals surface area contributed by atoms with Gasteiger partial charge in [0.05, 0.1) is 0 Å². The van der Waals surface area contributed by atoms with E-state index >= 15 is 0 Å². The molecule has 9 heteroatoms. The highest BCUT2D eigenvalue weighted by atomic mass is 35.5. The van der Waals surface area contributed by atoms with Gasteiger partial charge in [0.2, 0.25) is 11.8 Å². The maximum absolute atomic E-state index is 12.3. The number of nitrogens with zero attached hydrogens (tertiary/aromatic N) is 1. The Morgan fingerprint density at radius 3 is 2.52 bits per heavy atom. The van der Waals surface area contributed by atoms with E-state index in [1.165, 1.54) is 0 Å². The topological polar surface area (TPSA) is 75.4 Å². The summed E-state index contributed by atoms with van der Waals surface area (Å²) in [6, 6.07) is -0.839. The van der Waals surface area contributed by atoms with Gasteiger partial charge in [0.25, 0.3) is 0 Å².